The van der Waals surface area contributed by atoms with Gasteiger partial charge in [0.25, 0.3) is 0 Å². The molecule has 0 nitrogen and oxygen atoms in total. The molecule has 0 heterocycles. The molecule has 0 aliphatic rings. The Bertz CT molecular complexity index is 50.2. The molecule has 0 unspecified atom stereocenters. The number of hydrogen-bond donors (Lipinski definition) is 0. The first-order valence-corrected chi connectivity index (χ1v) is 4.69. The Kier molecular flexibility index (Phi) is 128. The van der Waals surface area contributed by atoms with E-state index in [1.54, 1.807) is 0 Å². The largest absolute Gasteiger partial charge is 4.00 e. The van der Waals surface area contributed by atoms with Crippen LogP contribution in [-0.2, 0) is 21.7 Å². The van der Waals surface area contributed by atoms with Gasteiger partial charge in [-0.2, -0.15) is 17.8 Å². The van der Waals surface area contributed by atoms with Crippen molar-refractivity contribution in [3.63, 3.8) is 0 Å². The van der Waals surface area contributed by atoms with Gasteiger partial charge < -0.3 is 58.0 Å². The molecular formula is C12H27AlCl3Ti+. The standard InChI is InChI=1S/3C4H9.Al.3ClH.Ti/c3*1-4(2)3;;;;;/h3*4H,1H2,2-3H3;;3*1H;/q3*-1;+3;;;;+4/p-3. The molecule has 0 saturated carbocycles. The molecule has 0 radical (unpaired) electrons. The Hall–Kier alpha value is 2.12. The van der Waals surface area contributed by atoms with Crippen LogP contribution in [0.5, 0.6) is 0 Å². The predicted molar refractivity (Wildman–Crippen MR) is 66.3 cm³/mol. The first kappa shape index (κ1) is 50.8. The Morgan fingerprint density at radius 2 is 0.529 bits per heavy atom. The van der Waals surface area contributed by atoms with Crippen LogP contribution < -0.4 is 37.2 Å². The average Bonchev–Trinajstić information content (AvgIpc) is 1.54. The maximum atomic E-state index is 3.64. The Morgan fingerprint density at radius 3 is 0.529 bits per heavy atom. The van der Waals surface area contributed by atoms with Gasteiger partial charge in [-0.15, -0.1) is 0 Å². The zero-order valence-electron chi connectivity index (χ0n) is 12.1. The van der Waals surface area contributed by atoms with E-state index in [9.17, 15) is 0 Å². The van der Waals surface area contributed by atoms with Gasteiger partial charge in [-0.3, -0.25) is 0 Å². The molecule has 0 aliphatic carbocycles. The maximum Gasteiger partial charge on any atom is 4.00 e. The molecule has 0 aromatic carbocycles. The molecule has 5 heteroatoms. The summed E-state index contributed by atoms with van der Waals surface area (Å²) in [6, 6.07) is 0. The summed E-state index contributed by atoms with van der Waals surface area (Å²) in [6.07, 6.45) is 0. The minimum absolute atomic E-state index is 0. The first-order chi connectivity index (χ1) is 5.20. The summed E-state index contributed by atoms with van der Waals surface area (Å²) in [5, 5.41) is 0. The molecule has 0 fully saturated rings. The fourth-order valence-corrected chi connectivity index (χ4v) is 0. The fourth-order valence-electron chi connectivity index (χ4n) is 0. The minimum Gasteiger partial charge on any atom is -1.00 e. The van der Waals surface area contributed by atoms with Crippen molar-refractivity contribution in [1.82, 2.24) is 0 Å². The van der Waals surface area contributed by atoms with E-state index in [0.717, 1.165) is 0 Å². The van der Waals surface area contributed by atoms with Crippen LogP contribution in [0, 0.1) is 38.5 Å². The second kappa shape index (κ2) is 43.0. The molecule has 0 N–H and O–H groups in total. The maximum absolute atomic E-state index is 3.64. The zero-order chi connectivity index (χ0) is 10.7. The van der Waals surface area contributed by atoms with E-state index in [-0.39, 0.29) is 76.3 Å². The molecule has 0 atom stereocenters. The summed E-state index contributed by atoms with van der Waals surface area (Å²) in [5.41, 5.74) is 0. The minimum atomic E-state index is 0. The van der Waals surface area contributed by atoms with E-state index < -0.39 is 0 Å². The summed E-state index contributed by atoms with van der Waals surface area (Å²) >= 11 is 0. The van der Waals surface area contributed by atoms with Gasteiger partial charge in [0, 0.05) is 0 Å². The van der Waals surface area contributed by atoms with Crippen molar-refractivity contribution >= 4 is 17.4 Å². The predicted octanol–water partition coefficient (Wildman–Crippen LogP) is -4.94. The van der Waals surface area contributed by atoms with Crippen LogP contribution >= 0.6 is 0 Å². The number of rotatable bonds is 0. The van der Waals surface area contributed by atoms with Crippen LogP contribution in [0.4, 0.5) is 0 Å². The Labute approximate surface area is 155 Å². The molecule has 0 saturated heterocycles. The van der Waals surface area contributed by atoms with E-state index in [4.69, 9.17) is 0 Å². The zero-order valence-corrected chi connectivity index (χ0v) is 17.0. The van der Waals surface area contributed by atoms with Crippen molar-refractivity contribution in [1.29, 1.82) is 0 Å². The molecule has 17 heavy (non-hydrogen) atoms. The molecule has 0 spiro atoms. The van der Waals surface area contributed by atoms with E-state index in [0.29, 0.717) is 17.8 Å². The molecule has 0 aromatic heterocycles. The summed E-state index contributed by atoms with van der Waals surface area (Å²) in [6.45, 7) is 23.2. The van der Waals surface area contributed by atoms with E-state index >= 15 is 0 Å². The van der Waals surface area contributed by atoms with Crippen LogP contribution in [0.1, 0.15) is 41.5 Å². The van der Waals surface area contributed by atoms with Gasteiger partial charge in [-0.05, 0) is 0 Å². The Morgan fingerprint density at radius 1 is 0.529 bits per heavy atom. The van der Waals surface area contributed by atoms with E-state index in [1.807, 2.05) is 0 Å². The van der Waals surface area contributed by atoms with Gasteiger partial charge in [0.1, 0.15) is 0 Å². The molecule has 0 bridgehead atoms. The Balaban J connectivity index is -0.0000000104. The third-order valence-electron chi connectivity index (χ3n) is 0. The topological polar surface area (TPSA) is 0 Å². The summed E-state index contributed by atoms with van der Waals surface area (Å²) in [5.74, 6) is 1.75. The average molecular weight is 353 g/mol. The van der Waals surface area contributed by atoms with Crippen LogP contribution in [0.2, 0.25) is 0 Å². The molecule has 0 aromatic rings. The van der Waals surface area contributed by atoms with Crippen molar-refractivity contribution in [3.05, 3.63) is 20.8 Å². The number of halogens is 3. The van der Waals surface area contributed by atoms with Crippen molar-refractivity contribution in [3.8, 4) is 0 Å². The molecular weight excluding hydrogens is 325 g/mol. The normalized spacial score (nSPS) is 6.35. The van der Waals surface area contributed by atoms with Crippen molar-refractivity contribution in [2.24, 2.45) is 17.8 Å². The summed E-state index contributed by atoms with van der Waals surface area (Å²) in [7, 11) is 0. The molecule has 0 rings (SSSR count). The third-order valence-corrected chi connectivity index (χ3v) is 0. The van der Waals surface area contributed by atoms with Crippen molar-refractivity contribution < 1.29 is 58.9 Å². The van der Waals surface area contributed by atoms with Crippen LogP contribution in [0.3, 0.4) is 0 Å². The molecule has 0 aliphatic heterocycles. The monoisotopic (exact) mass is 351 g/mol. The second-order valence-electron chi connectivity index (χ2n) is 4.18. The van der Waals surface area contributed by atoms with Gasteiger partial charge in [0.2, 0.25) is 0 Å². The van der Waals surface area contributed by atoms with Gasteiger partial charge in [-0.25, -0.2) is 0 Å². The third kappa shape index (κ3) is 1050. The van der Waals surface area contributed by atoms with E-state index in [1.165, 1.54) is 0 Å². The van der Waals surface area contributed by atoms with Crippen LogP contribution in [-0.4, -0.2) is 17.4 Å². The quantitative estimate of drug-likeness (QED) is 0.303. The second-order valence-corrected chi connectivity index (χ2v) is 4.18. The summed E-state index contributed by atoms with van der Waals surface area (Å²) < 4.78 is 0. The van der Waals surface area contributed by atoms with Crippen LogP contribution in [0.25, 0.3) is 0 Å². The first-order valence-electron chi connectivity index (χ1n) is 4.69. The summed E-state index contributed by atoms with van der Waals surface area (Å²) in [4.78, 5) is 0. The van der Waals surface area contributed by atoms with Gasteiger partial charge in [0.05, 0.1) is 0 Å². The van der Waals surface area contributed by atoms with Gasteiger partial charge >= 0.3 is 39.1 Å². The number of hydrogen-bond acceptors (Lipinski definition) is 0. The van der Waals surface area contributed by atoms with Crippen molar-refractivity contribution in [2.45, 2.75) is 41.5 Å². The van der Waals surface area contributed by atoms with Gasteiger partial charge in [-0.1, -0.05) is 41.5 Å². The molecule has 102 valence electrons. The fraction of sp³-hybridized carbons (Fsp3) is 0.750. The molecule has 0 amide bonds. The van der Waals surface area contributed by atoms with Gasteiger partial charge in [0.15, 0.2) is 0 Å². The van der Waals surface area contributed by atoms with Crippen molar-refractivity contribution in [2.75, 3.05) is 0 Å². The van der Waals surface area contributed by atoms with E-state index in [2.05, 4.69) is 62.3 Å². The smallest absolute Gasteiger partial charge is 1.00 e. The SMILES string of the molecule is [Al+3].[CH2-]C(C)C.[CH2-]C(C)C.[CH2-]C(C)C.[Cl-].[Cl-].[Cl-].[Ti+4]. The van der Waals surface area contributed by atoms with Crippen LogP contribution in [0.15, 0.2) is 0 Å².